The molecule has 0 radical (unpaired) electrons. The number of fused-ring (bicyclic) bond motifs is 2. The number of hydrogen-bond acceptors (Lipinski definition) is 5. The summed E-state index contributed by atoms with van der Waals surface area (Å²) in [6.07, 6.45) is 1.78. The highest BCUT2D eigenvalue weighted by Gasteiger charge is 2.11. The molecule has 1 aliphatic rings. The number of rotatable bonds is 4. The summed E-state index contributed by atoms with van der Waals surface area (Å²) in [6, 6.07) is 16.3. The Morgan fingerprint density at radius 2 is 1.85 bits per heavy atom. The number of benzene rings is 2. The van der Waals surface area contributed by atoms with Crippen molar-refractivity contribution in [1.29, 1.82) is 0 Å². The highest BCUT2D eigenvalue weighted by Crippen LogP contribution is 2.17. The van der Waals surface area contributed by atoms with Crippen molar-refractivity contribution in [3.8, 4) is 0 Å². The molecule has 3 aromatic carbocycles. The van der Waals surface area contributed by atoms with Crippen LogP contribution < -0.4 is 5.43 Å². The highest BCUT2D eigenvalue weighted by molar-refractivity contribution is 5.98. The van der Waals surface area contributed by atoms with E-state index in [4.69, 9.17) is 4.74 Å². The number of nitrogens with zero attached hydrogens (tertiary/aromatic N) is 2. The molecule has 5 heteroatoms. The van der Waals surface area contributed by atoms with Crippen molar-refractivity contribution in [3.63, 3.8) is 0 Å². The van der Waals surface area contributed by atoms with E-state index in [-0.39, 0.29) is 11.4 Å². The van der Waals surface area contributed by atoms with E-state index < -0.39 is 0 Å². The first kappa shape index (κ1) is 16.3. The van der Waals surface area contributed by atoms with Gasteiger partial charge in [-0.2, -0.15) is 0 Å². The summed E-state index contributed by atoms with van der Waals surface area (Å²) in [4.78, 5) is 31.2. The number of carbonyl (C=O) groups is 1. The van der Waals surface area contributed by atoms with Crippen LogP contribution >= 0.6 is 0 Å². The van der Waals surface area contributed by atoms with Crippen LogP contribution in [0.15, 0.2) is 64.4 Å². The minimum atomic E-state index is -0.383. The summed E-state index contributed by atoms with van der Waals surface area (Å²) in [6.45, 7) is 2.60. The molecule has 0 N–H and O–H groups in total. The maximum Gasteiger partial charge on any atom is 0.338 e. The Hall–Kier alpha value is -3.21. The molecular weight excluding hydrogens is 328 g/mol. The zero-order chi connectivity index (χ0) is 17.9. The normalized spacial score (nSPS) is 13.5. The van der Waals surface area contributed by atoms with Crippen LogP contribution in [0.5, 0.6) is 0 Å². The van der Waals surface area contributed by atoms with Crippen LogP contribution in [0.2, 0.25) is 0 Å². The lowest BCUT2D eigenvalue weighted by molar-refractivity contribution is 0.0490. The average molecular weight is 346 g/mol. The number of esters is 1. The molecule has 0 aliphatic carbocycles. The molecule has 0 fully saturated rings. The first-order chi connectivity index (χ1) is 12.7. The average Bonchev–Trinajstić information content (AvgIpc) is 3.14. The topological polar surface area (TPSA) is 59.0 Å². The predicted octanol–water partition coefficient (Wildman–Crippen LogP) is 2.85. The van der Waals surface area contributed by atoms with Crippen LogP contribution in [-0.2, 0) is 4.74 Å². The first-order valence-electron chi connectivity index (χ1n) is 8.59. The fourth-order valence-corrected chi connectivity index (χ4v) is 3.13. The van der Waals surface area contributed by atoms with Crippen molar-refractivity contribution < 1.29 is 9.53 Å². The third-order valence-corrected chi connectivity index (χ3v) is 4.55. The zero-order valence-corrected chi connectivity index (χ0v) is 14.2. The summed E-state index contributed by atoms with van der Waals surface area (Å²) >= 11 is 0. The molecule has 0 saturated heterocycles. The smallest absolute Gasteiger partial charge is 0.338 e. The molecule has 0 bridgehead atoms. The Labute approximate surface area is 150 Å². The van der Waals surface area contributed by atoms with Gasteiger partial charge in [-0.05, 0) is 29.0 Å². The van der Waals surface area contributed by atoms with Gasteiger partial charge in [-0.15, -0.1) is 0 Å². The number of ether oxygens (including phenoxy) is 1. The number of carbonyl (C=O) groups excluding carboxylic acids is 1. The Kier molecular flexibility index (Phi) is 4.35. The van der Waals surface area contributed by atoms with Gasteiger partial charge in [0.15, 0.2) is 5.43 Å². The van der Waals surface area contributed by atoms with E-state index in [2.05, 4.69) is 4.99 Å². The fourth-order valence-electron chi connectivity index (χ4n) is 3.13. The van der Waals surface area contributed by atoms with E-state index in [1.54, 1.807) is 24.5 Å². The van der Waals surface area contributed by atoms with Crippen molar-refractivity contribution in [2.24, 2.45) is 4.99 Å². The van der Waals surface area contributed by atoms with Crippen molar-refractivity contribution in [2.75, 3.05) is 26.2 Å². The van der Waals surface area contributed by atoms with Crippen LogP contribution in [0, 0.1) is 0 Å². The Balaban J connectivity index is 1.60. The summed E-state index contributed by atoms with van der Waals surface area (Å²) in [5.74, 6) is -0.383. The van der Waals surface area contributed by atoms with Crippen molar-refractivity contribution >= 4 is 33.9 Å². The van der Waals surface area contributed by atoms with Crippen LogP contribution in [0.3, 0.4) is 0 Å². The Morgan fingerprint density at radius 3 is 2.69 bits per heavy atom. The van der Waals surface area contributed by atoms with E-state index in [0.717, 1.165) is 23.9 Å². The lowest BCUT2D eigenvalue weighted by Crippen LogP contribution is -2.25. The first-order valence-corrected chi connectivity index (χ1v) is 8.59. The van der Waals surface area contributed by atoms with Gasteiger partial charge in [0.1, 0.15) is 6.61 Å². The molecule has 3 aromatic rings. The van der Waals surface area contributed by atoms with Crippen molar-refractivity contribution in [1.82, 2.24) is 4.90 Å². The third kappa shape index (κ3) is 3.16. The molecule has 1 aliphatic heterocycles. The molecule has 0 aromatic heterocycles. The highest BCUT2D eigenvalue weighted by atomic mass is 16.5. The minimum Gasteiger partial charge on any atom is -0.460 e. The maximum absolute atomic E-state index is 12.8. The van der Waals surface area contributed by atoms with E-state index in [0.29, 0.717) is 29.5 Å². The standard InChI is InChI=1S/C21H18N2O3/c24-20-18-4-2-1-3-15(18)5-6-16-13-17(7-8-19(16)20)21(25)26-12-11-23-10-9-22-14-23/h1-8,13-14H,9-12H2. The molecular formula is C21H18N2O3. The summed E-state index contributed by atoms with van der Waals surface area (Å²) in [5, 5.41) is 2.87. The molecule has 4 rings (SSSR count). The molecule has 0 atom stereocenters. The van der Waals surface area contributed by atoms with Crippen molar-refractivity contribution in [2.45, 2.75) is 0 Å². The van der Waals surface area contributed by atoms with Gasteiger partial charge in [0.25, 0.3) is 0 Å². The van der Waals surface area contributed by atoms with Gasteiger partial charge < -0.3 is 9.64 Å². The van der Waals surface area contributed by atoms with Crippen LogP contribution in [0.1, 0.15) is 10.4 Å². The molecule has 130 valence electrons. The van der Waals surface area contributed by atoms with Crippen LogP contribution in [0.25, 0.3) is 21.5 Å². The predicted molar refractivity (Wildman–Crippen MR) is 103 cm³/mol. The van der Waals surface area contributed by atoms with E-state index >= 15 is 0 Å². The Morgan fingerprint density at radius 1 is 1.04 bits per heavy atom. The van der Waals surface area contributed by atoms with Crippen LogP contribution in [0.4, 0.5) is 0 Å². The van der Waals surface area contributed by atoms with Gasteiger partial charge >= 0.3 is 5.97 Å². The van der Waals surface area contributed by atoms with Crippen molar-refractivity contribution in [3.05, 3.63) is 70.4 Å². The molecule has 26 heavy (non-hydrogen) atoms. The number of hydrogen-bond donors (Lipinski definition) is 0. The van der Waals surface area contributed by atoms with Gasteiger partial charge in [-0.25, -0.2) is 4.79 Å². The molecule has 0 saturated carbocycles. The molecule has 0 spiro atoms. The molecule has 5 nitrogen and oxygen atoms in total. The maximum atomic E-state index is 12.8. The second-order valence-corrected chi connectivity index (χ2v) is 6.25. The summed E-state index contributed by atoms with van der Waals surface area (Å²) in [7, 11) is 0. The lowest BCUT2D eigenvalue weighted by Gasteiger charge is -2.13. The van der Waals surface area contributed by atoms with E-state index in [9.17, 15) is 9.59 Å². The largest absolute Gasteiger partial charge is 0.460 e. The lowest BCUT2D eigenvalue weighted by atomic mass is 10.1. The Bertz CT molecular complexity index is 1080. The quantitative estimate of drug-likeness (QED) is 0.682. The molecule has 0 unspecified atom stereocenters. The second kappa shape index (κ2) is 6.96. The monoisotopic (exact) mass is 346 g/mol. The van der Waals surface area contributed by atoms with E-state index in [1.165, 1.54) is 0 Å². The summed E-state index contributed by atoms with van der Waals surface area (Å²) in [5.41, 5.74) is 0.413. The van der Waals surface area contributed by atoms with Gasteiger partial charge in [-0.3, -0.25) is 9.79 Å². The second-order valence-electron chi connectivity index (χ2n) is 6.25. The third-order valence-electron chi connectivity index (χ3n) is 4.55. The fraction of sp³-hybridized carbons (Fsp3) is 0.190. The summed E-state index contributed by atoms with van der Waals surface area (Å²) < 4.78 is 5.35. The molecule has 0 amide bonds. The van der Waals surface area contributed by atoms with Gasteiger partial charge in [-0.1, -0.05) is 36.4 Å². The molecule has 1 heterocycles. The van der Waals surface area contributed by atoms with Crippen LogP contribution in [-0.4, -0.2) is 43.4 Å². The van der Waals surface area contributed by atoms with E-state index in [1.807, 2.05) is 41.3 Å². The van der Waals surface area contributed by atoms with Gasteiger partial charge in [0, 0.05) is 17.3 Å². The van der Waals surface area contributed by atoms with Gasteiger partial charge in [0.05, 0.1) is 25.0 Å². The number of aliphatic imine (C=N–C) groups is 1. The zero-order valence-electron chi connectivity index (χ0n) is 14.2. The van der Waals surface area contributed by atoms with Gasteiger partial charge in [0.2, 0.25) is 0 Å². The minimum absolute atomic E-state index is 0.0335. The SMILES string of the molecule is O=C(OCCN1C=NCC1)c1ccc2c(=O)c3ccccc3ccc2c1.